The second-order valence-corrected chi connectivity index (χ2v) is 8.13. The quantitative estimate of drug-likeness (QED) is 0.762. The first kappa shape index (κ1) is 19.4. The Labute approximate surface area is 168 Å². The molecule has 2 fully saturated rings. The van der Waals surface area contributed by atoms with Crippen LogP contribution in [0.3, 0.4) is 0 Å². The molecule has 2 aromatic rings. The predicted octanol–water partition coefficient (Wildman–Crippen LogP) is 0.404. The lowest BCUT2D eigenvalue weighted by molar-refractivity contribution is -0.130. The maximum absolute atomic E-state index is 12.8. The van der Waals surface area contributed by atoms with Gasteiger partial charge < -0.3 is 25.2 Å². The van der Waals surface area contributed by atoms with Crippen LogP contribution in [0, 0.1) is 25.2 Å². The second-order valence-electron chi connectivity index (χ2n) is 8.13. The van der Waals surface area contributed by atoms with E-state index in [4.69, 9.17) is 10.3 Å². The van der Waals surface area contributed by atoms with Crippen molar-refractivity contribution in [1.82, 2.24) is 19.9 Å². The van der Waals surface area contributed by atoms with E-state index in [0.29, 0.717) is 43.3 Å². The number of nitrogen functional groups attached to an aromatic ring is 1. The number of rotatable bonds is 4. The van der Waals surface area contributed by atoms with E-state index in [1.54, 1.807) is 28.9 Å². The molecule has 0 bridgehead atoms. The number of hydrogen-bond donors (Lipinski definition) is 2. The molecule has 2 saturated heterocycles. The Hall–Kier alpha value is -2.94. The Kier molecular flexibility index (Phi) is 4.77. The maximum atomic E-state index is 12.8. The third kappa shape index (κ3) is 3.35. The summed E-state index contributed by atoms with van der Waals surface area (Å²) < 4.78 is 5.15. The summed E-state index contributed by atoms with van der Waals surface area (Å²) in [6.45, 7) is 5.41. The zero-order chi connectivity index (χ0) is 20.8. The molecule has 154 valence electrons. The highest BCUT2D eigenvalue weighted by molar-refractivity contribution is 5.94. The Morgan fingerprint density at radius 1 is 1.28 bits per heavy atom. The highest BCUT2D eigenvalue weighted by Gasteiger charge is 2.54. The van der Waals surface area contributed by atoms with Crippen molar-refractivity contribution in [3.8, 4) is 0 Å². The van der Waals surface area contributed by atoms with E-state index in [1.165, 1.54) is 6.20 Å². The third-order valence-electron chi connectivity index (χ3n) is 6.26. The molecule has 9 nitrogen and oxygen atoms in total. The van der Waals surface area contributed by atoms with E-state index >= 15 is 0 Å². The van der Waals surface area contributed by atoms with Crippen molar-refractivity contribution in [2.24, 2.45) is 11.3 Å². The van der Waals surface area contributed by atoms with Gasteiger partial charge in [0.05, 0.1) is 24.3 Å². The number of pyridine rings is 1. The minimum atomic E-state index is -0.495. The van der Waals surface area contributed by atoms with Gasteiger partial charge in [0, 0.05) is 49.3 Å². The summed E-state index contributed by atoms with van der Waals surface area (Å²) in [5.74, 6) is 0.905. The van der Waals surface area contributed by atoms with E-state index in [-0.39, 0.29) is 30.8 Å². The van der Waals surface area contributed by atoms with Crippen LogP contribution >= 0.6 is 0 Å². The van der Waals surface area contributed by atoms with Crippen LogP contribution in [0.5, 0.6) is 0 Å². The fourth-order valence-corrected chi connectivity index (χ4v) is 4.48. The van der Waals surface area contributed by atoms with Gasteiger partial charge in [0.2, 0.25) is 5.91 Å². The van der Waals surface area contributed by atoms with Gasteiger partial charge in [-0.1, -0.05) is 5.16 Å². The number of amides is 2. The number of nitrogens with zero attached hydrogens (tertiary/aromatic N) is 4. The molecule has 29 heavy (non-hydrogen) atoms. The zero-order valence-electron chi connectivity index (χ0n) is 16.6. The van der Waals surface area contributed by atoms with Gasteiger partial charge in [0.15, 0.2) is 0 Å². The maximum Gasteiger partial charge on any atom is 0.255 e. The van der Waals surface area contributed by atoms with Crippen molar-refractivity contribution >= 4 is 17.6 Å². The number of aliphatic hydroxyl groups excluding tert-OH is 1. The molecule has 0 spiro atoms. The van der Waals surface area contributed by atoms with Crippen LogP contribution in [-0.4, -0.2) is 69.6 Å². The smallest absolute Gasteiger partial charge is 0.255 e. The van der Waals surface area contributed by atoms with Crippen LogP contribution < -0.4 is 5.73 Å². The molecule has 0 aliphatic carbocycles. The van der Waals surface area contributed by atoms with Gasteiger partial charge in [-0.3, -0.25) is 9.59 Å². The first-order chi connectivity index (χ1) is 13.8. The van der Waals surface area contributed by atoms with Gasteiger partial charge in [-0.2, -0.15) is 0 Å². The van der Waals surface area contributed by atoms with E-state index in [1.807, 2.05) is 6.92 Å². The van der Waals surface area contributed by atoms with Crippen LogP contribution in [-0.2, 0) is 11.2 Å². The first-order valence-electron chi connectivity index (χ1n) is 9.64. The summed E-state index contributed by atoms with van der Waals surface area (Å²) in [5, 5.41) is 14.1. The fourth-order valence-electron chi connectivity index (χ4n) is 4.48. The van der Waals surface area contributed by atoms with Crippen molar-refractivity contribution < 1.29 is 19.2 Å². The summed E-state index contributed by atoms with van der Waals surface area (Å²) in [7, 11) is 0. The van der Waals surface area contributed by atoms with Crippen molar-refractivity contribution in [1.29, 1.82) is 0 Å². The minimum absolute atomic E-state index is 0.0118. The molecule has 3 N–H and O–H groups in total. The van der Waals surface area contributed by atoms with Crippen molar-refractivity contribution in [2.75, 3.05) is 38.5 Å². The first-order valence-corrected chi connectivity index (χ1v) is 9.64. The highest BCUT2D eigenvalue weighted by atomic mass is 16.5. The molecule has 2 aromatic heterocycles. The van der Waals surface area contributed by atoms with Gasteiger partial charge in [-0.15, -0.1) is 0 Å². The standard InChI is InChI=1S/C20H25N5O4/c1-12-16(13(2)29-23-12)5-18(27)24-7-15-8-25(10-20(15,9-24)11-26)19(28)14-3-4-17(21)22-6-14/h3-4,6,15,26H,5,7-11H2,1-2H3,(H2,21,22). The van der Waals surface area contributed by atoms with Gasteiger partial charge in [-0.25, -0.2) is 4.98 Å². The number of carbonyl (C=O) groups is 2. The van der Waals surface area contributed by atoms with Gasteiger partial charge >= 0.3 is 0 Å². The van der Waals surface area contributed by atoms with Crippen LogP contribution in [0.1, 0.15) is 27.4 Å². The van der Waals surface area contributed by atoms with Crippen LogP contribution in [0.4, 0.5) is 5.82 Å². The number of fused-ring (bicyclic) bond motifs is 1. The number of anilines is 1. The molecule has 9 heteroatoms. The Morgan fingerprint density at radius 3 is 2.59 bits per heavy atom. The number of likely N-dealkylation sites (tertiary alicyclic amines) is 2. The summed E-state index contributed by atoms with van der Waals surface area (Å²) in [6.07, 6.45) is 1.70. The number of aryl methyl sites for hydroxylation is 2. The van der Waals surface area contributed by atoms with E-state index in [0.717, 1.165) is 11.3 Å². The Balaban J connectivity index is 1.45. The molecule has 2 aliphatic heterocycles. The second kappa shape index (κ2) is 7.14. The molecular weight excluding hydrogens is 374 g/mol. The summed E-state index contributed by atoms with van der Waals surface area (Å²) in [4.78, 5) is 33.2. The largest absolute Gasteiger partial charge is 0.396 e. The lowest BCUT2D eigenvalue weighted by atomic mass is 9.82. The Morgan fingerprint density at radius 2 is 2.00 bits per heavy atom. The molecule has 2 amide bonds. The van der Waals surface area contributed by atoms with Crippen molar-refractivity contribution in [3.05, 3.63) is 40.9 Å². The fraction of sp³-hybridized carbons (Fsp3) is 0.500. The molecule has 0 aromatic carbocycles. The summed E-state index contributed by atoms with van der Waals surface area (Å²) >= 11 is 0. The van der Waals surface area contributed by atoms with Crippen LogP contribution in [0.25, 0.3) is 0 Å². The lowest BCUT2D eigenvalue weighted by Crippen LogP contribution is -2.40. The van der Waals surface area contributed by atoms with E-state index in [9.17, 15) is 14.7 Å². The number of aliphatic hydroxyl groups is 1. The normalized spacial score (nSPS) is 23.5. The van der Waals surface area contributed by atoms with Gasteiger partial charge in [-0.05, 0) is 26.0 Å². The van der Waals surface area contributed by atoms with Crippen LogP contribution in [0.2, 0.25) is 0 Å². The van der Waals surface area contributed by atoms with Crippen LogP contribution in [0.15, 0.2) is 22.9 Å². The van der Waals surface area contributed by atoms with Crippen molar-refractivity contribution in [3.63, 3.8) is 0 Å². The highest BCUT2D eigenvalue weighted by Crippen LogP contribution is 2.42. The summed E-state index contributed by atoms with van der Waals surface area (Å²) in [6, 6.07) is 3.25. The zero-order valence-corrected chi connectivity index (χ0v) is 16.6. The molecule has 2 unspecified atom stereocenters. The lowest BCUT2D eigenvalue weighted by Gasteiger charge is -2.27. The average molecular weight is 399 g/mol. The SMILES string of the molecule is Cc1noc(C)c1CC(=O)N1CC2CN(C(=O)c3ccc(N)nc3)CC2(CO)C1. The van der Waals surface area contributed by atoms with Crippen molar-refractivity contribution in [2.45, 2.75) is 20.3 Å². The molecule has 0 radical (unpaired) electrons. The number of nitrogens with two attached hydrogens (primary N) is 1. The Bertz CT molecular complexity index is 921. The topological polar surface area (TPSA) is 126 Å². The van der Waals surface area contributed by atoms with Gasteiger partial charge in [0.25, 0.3) is 5.91 Å². The number of hydrogen-bond acceptors (Lipinski definition) is 7. The molecular formula is C20H25N5O4. The minimum Gasteiger partial charge on any atom is -0.396 e. The predicted molar refractivity (Wildman–Crippen MR) is 104 cm³/mol. The summed E-state index contributed by atoms with van der Waals surface area (Å²) in [5.41, 5.74) is 7.11. The molecule has 2 aliphatic rings. The molecule has 2 atom stereocenters. The molecule has 4 heterocycles. The van der Waals surface area contributed by atoms with Gasteiger partial charge in [0.1, 0.15) is 11.6 Å². The van der Waals surface area contributed by atoms with E-state index < -0.39 is 5.41 Å². The average Bonchev–Trinajstić information content (AvgIpc) is 3.34. The molecule has 0 saturated carbocycles. The third-order valence-corrected chi connectivity index (χ3v) is 6.26. The number of aromatic nitrogens is 2. The number of carbonyl (C=O) groups excluding carboxylic acids is 2. The molecule has 4 rings (SSSR count). The van der Waals surface area contributed by atoms with E-state index in [2.05, 4.69) is 10.1 Å². The monoisotopic (exact) mass is 399 g/mol.